The first-order valence-corrected chi connectivity index (χ1v) is 6.39. The Morgan fingerprint density at radius 2 is 2.17 bits per heavy atom. The summed E-state index contributed by atoms with van der Waals surface area (Å²) in [5.74, 6) is 1.62. The number of benzene rings is 1. The van der Waals surface area contributed by atoms with Crippen LogP contribution in [0.1, 0.15) is 18.4 Å². The standard InChI is InChI=1S/C14H19NO3/c1-16-12-4-2-3-10(7-14(15)5-6-14)13(12)18-11-8-17-9-11/h2-4,11H,5-9,15H2,1H3. The second-order valence-electron chi connectivity index (χ2n) is 5.26. The maximum absolute atomic E-state index is 6.20. The molecule has 1 aliphatic carbocycles. The molecular formula is C14H19NO3. The summed E-state index contributed by atoms with van der Waals surface area (Å²) in [4.78, 5) is 0. The van der Waals surface area contributed by atoms with Crippen molar-refractivity contribution >= 4 is 0 Å². The van der Waals surface area contributed by atoms with Crippen molar-refractivity contribution in [2.75, 3.05) is 20.3 Å². The van der Waals surface area contributed by atoms with Gasteiger partial charge in [0.05, 0.1) is 20.3 Å². The Labute approximate surface area is 107 Å². The Morgan fingerprint density at radius 1 is 1.39 bits per heavy atom. The lowest BCUT2D eigenvalue weighted by Crippen LogP contribution is -2.39. The van der Waals surface area contributed by atoms with Gasteiger partial charge in [0, 0.05) is 5.54 Å². The third kappa shape index (κ3) is 2.31. The van der Waals surface area contributed by atoms with E-state index in [1.165, 1.54) is 0 Å². The molecule has 0 amide bonds. The van der Waals surface area contributed by atoms with E-state index >= 15 is 0 Å². The van der Waals surface area contributed by atoms with Crippen LogP contribution in [-0.2, 0) is 11.2 Å². The first kappa shape index (κ1) is 11.8. The lowest BCUT2D eigenvalue weighted by atomic mass is 10.0. The molecule has 1 aromatic carbocycles. The van der Waals surface area contributed by atoms with Crippen LogP contribution < -0.4 is 15.2 Å². The molecule has 3 rings (SSSR count). The van der Waals surface area contributed by atoms with Crippen LogP contribution in [0, 0.1) is 0 Å². The minimum absolute atomic E-state index is 0.0272. The second-order valence-corrected chi connectivity index (χ2v) is 5.26. The summed E-state index contributed by atoms with van der Waals surface area (Å²) < 4.78 is 16.5. The van der Waals surface area contributed by atoms with Crippen molar-refractivity contribution in [3.8, 4) is 11.5 Å². The molecule has 98 valence electrons. The monoisotopic (exact) mass is 249 g/mol. The molecule has 2 N–H and O–H groups in total. The van der Waals surface area contributed by atoms with Crippen LogP contribution in [0.15, 0.2) is 18.2 Å². The zero-order chi connectivity index (χ0) is 12.6. The maximum Gasteiger partial charge on any atom is 0.165 e. The molecular weight excluding hydrogens is 230 g/mol. The second kappa shape index (κ2) is 4.44. The summed E-state index contributed by atoms with van der Waals surface area (Å²) >= 11 is 0. The van der Waals surface area contributed by atoms with Gasteiger partial charge in [0.2, 0.25) is 0 Å². The Balaban J connectivity index is 1.85. The molecule has 0 radical (unpaired) electrons. The van der Waals surface area contributed by atoms with Gasteiger partial charge in [-0.3, -0.25) is 0 Å². The highest BCUT2D eigenvalue weighted by atomic mass is 16.6. The van der Waals surface area contributed by atoms with Crippen molar-refractivity contribution in [1.29, 1.82) is 0 Å². The third-order valence-electron chi connectivity index (χ3n) is 3.61. The molecule has 1 heterocycles. The Morgan fingerprint density at radius 3 is 2.72 bits per heavy atom. The van der Waals surface area contributed by atoms with Gasteiger partial charge in [-0.1, -0.05) is 12.1 Å². The molecule has 0 atom stereocenters. The average molecular weight is 249 g/mol. The molecule has 4 nitrogen and oxygen atoms in total. The van der Waals surface area contributed by atoms with Gasteiger partial charge in [-0.2, -0.15) is 0 Å². The van der Waals surface area contributed by atoms with E-state index in [-0.39, 0.29) is 11.6 Å². The lowest BCUT2D eigenvalue weighted by molar-refractivity contribution is -0.0806. The van der Waals surface area contributed by atoms with Gasteiger partial charge in [-0.25, -0.2) is 0 Å². The Kier molecular flexibility index (Phi) is 2.92. The van der Waals surface area contributed by atoms with Crippen LogP contribution in [-0.4, -0.2) is 32.0 Å². The quantitative estimate of drug-likeness (QED) is 0.859. The highest BCUT2D eigenvalue weighted by molar-refractivity contribution is 5.48. The third-order valence-corrected chi connectivity index (χ3v) is 3.61. The topological polar surface area (TPSA) is 53.7 Å². The smallest absolute Gasteiger partial charge is 0.165 e. The largest absolute Gasteiger partial charge is 0.493 e. The molecule has 0 unspecified atom stereocenters. The number of rotatable bonds is 5. The van der Waals surface area contributed by atoms with Crippen LogP contribution in [0.25, 0.3) is 0 Å². The summed E-state index contributed by atoms with van der Waals surface area (Å²) in [7, 11) is 1.67. The van der Waals surface area contributed by atoms with E-state index in [0.29, 0.717) is 13.2 Å². The fourth-order valence-electron chi connectivity index (χ4n) is 2.16. The van der Waals surface area contributed by atoms with E-state index in [0.717, 1.165) is 36.3 Å². The SMILES string of the molecule is COc1cccc(CC2(N)CC2)c1OC1COC1. The molecule has 0 aromatic heterocycles. The highest BCUT2D eigenvalue weighted by Crippen LogP contribution is 2.41. The van der Waals surface area contributed by atoms with Crippen LogP contribution in [0.2, 0.25) is 0 Å². The van der Waals surface area contributed by atoms with Gasteiger partial charge in [0.1, 0.15) is 6.10 Å². The maximum atomic E-state index is 6.20. The fraction of sp³-hybridized carbons (Fsp3) is 0.571. The van der Waals surface area contributed by atoms with E-state index in [4.69, 9.17) is 19.9 Å². The van der Waals surface area contributed by atoms with Gasteiger partial charge in [0.25, 0.3) is 0 Å². The normalized spacial score (nSPS) is 21.2. The fourth-order valence-corrected chi connectivity index (χ4v) is 2.16. The van der Waals surface area contributed by atoms with Crippen LogP contribution in [0.4, 0.5) is 0 Å². The number of methoxy groups -OCH3 is 1. The van der Waals surface area contributed by atoms with Crippen molar-refractivity contribution in [1.82, 2.24) is 0 Å². The number of hydrogen-bond acceptors (Lipinski definition) is 4. The van der Waals surface area contributed by atoms with E-state index in [9.17, 15) is 0 Å². The molecule has 0 spiro atoms. The van der Waals surface area contributed by atoms with Gasteiger partial charge in [-0.15, -0.1) is 0 Å². The van der Waals surface area contributed by atoms with E-state index in [1.54, 1.807) is 7.11 Å². The van der Waals surface area contributed by atoms with Crippen molar-refractivity contribution in [3.63, 3.8) is 0 Å². The van der Waals surface area contributed by atoms with E-state index < -0.39 is 0 Å². The van der Waals surface area contributed by atoms with Gasteiger partial charge < -0.3 is 19.9 Å². The van der Waals surface area contributed by atoms with Gasteiger partial charge in [0.15, 0.2) is 11.5 Å². The molecule has 1 saturated heterocycles. The zero-order valence-corrected chi connectivity index (χ0v) is 10.6. The minimum Gasteiger partial charge on any atom is -0.493 e. The average Bonchev–Trinajstić information content (AvgIpc) is 3.02. The zero-order valence-electron chi connectivity index (χ0n) is 10.6. The number of ether oxygens (including phenoxy) is 3. The summed E-state index contributed by atoms with van der Waals surface area (Å²) in [5.41, 5.74) is 7.31. The molecule has 1 aromatic rings. The van der Waals surface area contributed by atoms with Gasteiger partial charge >= 0.3 is 0 Å². The Hall–Kier alpha value is -1.26. The molecule has 18 heavy (non-hydrogen) atoms. The molecule has 2 aliphatic rings. The summed E-state index contributed by atoms with van der Waals surface area (Å²) in [6.45, 7) is 1.32. The first-order chi connectivity index (χ1) is 8.70. The van der Waals surface area contributed by atoms with Crippen molar-refractivity contribution in [2.24, 2.45) is 5.73 Å². The molecule has 2 fully saturated rings. The predicted octanol–water partition coefficient (Wildman–Crippen LogP) is 1.51. The van der Waals surface area contributed by atoms with Crippen LogP contribution >= 0.6 is 0 Å². The molecule has 4 heteroatoms. The van der Waals surface area contributed by atoms with Crippen LogP contribution in [0.3, 0.4) is 0 Å². The van der Waals surface area contributed by atoms with Crippen molar-refractivity contribution in [2.45, 2.75) is 30.9 Å². The first-order valence-electron chi connectivity index (χ1n) is 6.39. The van der Waals surface area contributed by atoms with Crippen molar-refractivity contribution < 1.29 is 14.2 Å². The molecule has 0 bridgehead atoms. The van der Waals surface area contributed by atoms with E-state index in [2.05, 4.69) is 6.07 Å². The van der Waals surface area contributed by atoms with Crippen molar-refractivity contribution in [3.05, 3.63) is 23.8 Å². The van der Waals surface area contributed by atoms with Crippen LogP contribution in [0.5, 0.6) is 11.5 Å². The summed E-state index contributed by atoms with van der Waals surface area (Å²) in [5, 5.41) is 0. The predicted molar refractivity (Wildman–Crippen MR) is 68.1 cm³/mol. The van der Waals surface area contributed by atoms with E-state index in [1.807, 2.05) is 12.1 Å². The molecule has 1 saturated carbocycles. The Bertz CT molecular complexity index is 439. The lowest BCUT2D eigenvalue weighted by Gasteiger charge is -2.29. The number of hydrogen-bond donors (Lipinski definition) is 1. The molecule has 1 aliphatic heterocycles. The summed E-state index contributed by atoms with van der Waals surface area (Å²) in [6.07, 6.45) is 3.19. The summed E-state index contributed by atoms with van der Waals surface area (Å²) in [6, 6.07) is 5.99. The number of para-hydroxylation sites is 1. The van der Waals surface area contributed by atoms with Gasteiger partial charge in [-0.05, 0) is 30.9 Å². The minimum atomic E-state index is -0.0272. The number of nitrogens with two attached hydrogens (primary N) is 1. The highest BCUT2D eigenvalue weighted by Gasteiger charge is 2.39.